The molecule has 0 atom stereocenters. The van der Waals surface area contributed by atoms with E-state index in [0.29, 0.717) is 0 Å². The first-order chi connectivity index (χ1) is 6.17. The van der Waals surface area contributed by atoms with Gasteiger partial charge in [0.2, 0.25) is 0 Å². The summed E-state index contributed by atoms with van der Waals surface area (Å²) in [7, 11) is -0.750. The minimum Gasteiger partial charge on any atom is -0.435 e. The largest absolute Gasteiger partial charge is 0.435 e. The molecule has 0 aliphatic heterocycles. The molecule has 3 nitrogen and oxygen atoms in total. The van der Waals surface area contributed by atoms with E-state index in [1.54, 1.807) is 12.1 Å². The highest BCUT2D eigenvalue weighted by Crippen LogP contribution is 2.40. The molecule has 0 aromatic carbocycles. The molecular formula is C7H7BF2O3. The van der Waals surface area contributed by atoms with Gasteiger partial charge in [-0.3, -0.25) is 0 Å². The molecule has 13 heavy (non-hydrogen) atoms. The maximum Gasteiger partial charge on any atom is 0.432 e. The van der Waals surface area contributed by atoms with E-state index in [0.717, 1.165) is 11.1 Å². The molecule has 0 heterocycles. The van der Waals surface area contributed by atoms with Crippen LogP contribution in [-0.2, 0) is 0 Å². The molecule has 2 N–H and O–H groups in total. The second-order valence-electron chi connectivity index (χ2n) is 2.27. The fraction of sp³-hybridized carbons (Fsp3) is 0.143. The van der Waals surface area contributed by atoms with E-state index >= 15 is 0 Å². The lowest BCUT2D eigenvalue weighted by atomic mass is 10.5. The summed E-state index contributed by atoms with van der Waals surface area (Å²) in [5, 5.41) is 14.2. The van der Waals surface area contributed by atoms with Crippen molar-refractivity contribution in [1.82, 2.24) is 0 Å². The minimum absolute atomic E-state index is 0.266. The number of hydrogen-bond donors (Lipinski definition) is 2. The van der Waals surface area contributed by atoms with Crippen LogP contribution < -0.4 is 4.74 Å². The second kappa shape index (κ2) is 4.20. The zero-order valence-electron chi connectivity index (χ0n) is 6.58. The van der Waals surface area contributed by atoms with Crippen LogP contribution >= 0.6 is 0 Å². The van der Waals surface area contributed by atoms with Gasteiger partial charge in [-0.15, -0.1) is 0 Å². The molecule has 6 heteroatoms. The SMILES string of the molecule is FC(F)Oc1cc2cc-2c1.OBO. The summed E-state index contributed by atoms with van der Waals surface area (Å²) in [6.07, 6.45) is 0. The topological polar surface area (TPSA) is 49.7 Å². The van der Waals surface area contributed by atoms with Crippen LogP contribution in [0.15, 0.2) is 18.2 Å². The number of halogens is 2. The van der Waals surface area contributed by atoms with E-state index < -0.39 is 14.3 Å². The number of ether oxygens (including phenoxy) is 1. The Labute approximate surface area is 73.9 Å². The predicted molar refractivity (Wildman–Crippen MR) is 43.7 cm³/mol. The average Bonchev–Trinajstić information content (AvgIpc) is 2.59. The Kier molecular flexibility index (Phi) is 3.22. The number of fused-ring (bicyclic) bond motifs is 1. The molecule has 2 aliphatic carbocycles. The molecule has 0 aromatic rings. The van der Waals surface area contributed by atoms with Crippen molar-refractivity contribution in [3.05, 3.63) is 18.2 Å². The molecule has 0 spiro atoms. The second-order valence-corrected chi connectivity index (χ2v) is 2.27. The van der Waals surface area contributed by atoms with Crippen molar-refractivity contribution >= 4 is 7.69 Å². The molecule has 2 rings (SSSR count). The molecule has 0 bridgehead atoms. The van der Waals surface area contributed by atoms with Gasteiger partial charge in [0, 0.05) is 0 Å². The van der Waals surface area contributed by atoms with Gasteiger partial charge in [0.1, 0.15) is 5.75 Å². The zero-order chi connectivity index (χ0) is 9.84. The Morgan fingerprint density at radius 2 is 1.62 bits per heavy atom. The van der Waals surface area contributed by atoms with Gasteiger partial charge in [-0.25, -0.2) is 0 Å². The third-order valence-electron chi connectivity index (χ3n) is 1.38. The van der Waals surface area contributed by atoms with Crippen LogP contribution in [-0.4, -0.2) is 24.3 Å². The Morgan fingerprint density at radius 1 is 1.15 bits per heavy atom. The third kappa shape index (κ3) is 3.00. The van der Waals surface area contributed by atoms with Gasteiger partial charge in [-0.05, 0) is 29.3 Å². The minimum atomic E-state index is -2.71. The van der Waals surface area contributed by atoms with Crippen molar-refractivity contribution in [2.45, 2.75) is 6.61 Å². The number of benzene rings is 1. The lowest BCUT2D eigenvalue weighted by Crippen LogP contribution is -2.00. The summed E-state index contributed by atoms with van der Waals surface area (Å²) in [6.45, 7) is -2.71. The molecule has 0 unspecified atom stereocenters. The summed E-state index contributed by atoms with van der Waals surface area (Å²) in [5.41, 5.74) is 2.02. The highest BCUT2D eigenvalue weighted by molar-refractivity contribution is 6.13. The van der Waals surface area contributed by atoms with Crippen molar-refractivity contribution in [3.63, 3.8) is 0 Å². The van der Waals surface area contributed by atoms with Gasteiger partial charge in [0.05, 0.1) is 0 Å². The van der Waals surface area contributed by atoms with Gasteiger partial charge in [0.25, 0.3) is 0 Å². The van der Waals surface area contributed by atoms with Crippen LogP contribution in [0.25, 0.3) is 11.1 Å². The van der Waals surface area contributed by atoms with Crippen LogP contribution in [0.4, 0.5) is 8.78 Å². The van der Waals surface area contributed by atoms with Crippen molar-refractivity contribution in [2.75, 3.05) is 0 Å². The smallest absolute Gasteiger partial charge is 0.432 e. The van der Waals surface area contributed by atoms with Crippen molar-refractivity contribution < 1.29 is 23.6 Å². The Morgan fingerprint density at radius 3 is 2.00 bits per heavy atom. The Bertz CT molecular complexity index is 273. The average molecular weight is 188 g/mol. The molecule has 2 aliphatic rings. The van der Waals surface area contributed by atoms with Crippen LogP contribution in [0.2, 0.25) is 0 Å². The fourth-order valence-corrected chi connectivity index (χ4v) is 0.901. The summed E-state index contributed by atoms with van der Waals surface area (Å²) in [5.74, 6) is 0.266. The highest BCUT2D eigenvalue weighted by atomic mass is 19.3. The summed E-state index contributed by atoms with van der Waals surface area (Å²) >= 11 is 0. The molecule has 70 valence electrons. The van der Waals surface area contributed by atoms with Crippen molar-refractivity contribution in [3.8, 4) is 16.9 Å². The first kappa shape index (κ1) is 9.95. The molecule has 0 saturated carbocycles. The summed E-state index contributed by atoms with van der Waals surface area (Å²) in [6, 6.07) is 5.10. The van der Waals surface area contributed by atoms with Crippen LogP contribution in [0, 0.1) is 0 Å². The van der Waals surface area contributed by atoms with Gasteiger partial charge in [-0.2, -0.15) is 8.78 Å². The first-order valence-corrected chi connectivity index (χ1v) is 3.49. The first-order valence-electron chi connectivity index (χ1n) is 3.49. The number of alkyl halides is 2. The van der Waals surface area contributed by atoms with Gasteiger partial charge in [0.15, 0.2) is 0 Å². The fourth-order valence-electron chi connectivity index (χ4n) is 0.901. The van der Waals surface area contributed by atoms with Gasteiger partial charge >= 0.3 is 14.3 Å². The van der Waals surface area contributed by atoms with E-state index in [1.165, 1.54) is 0 Å². The quantitative estimate of drug-likeness (QED) is 0.674. The van der Waals surface area contributed by atoms with Crippen LogP contribution in [0.3, 0.4) is 0 Å². The monoisotopic (exact) mass is 188 g/mol. The van der Waals surface area contributed by atoms with Crippen molar-refractivity contribution in [1.29, 1.82) is 0 Å². The lowest BCUT2D eigenvalue weighted by Gasteiger charge is -1.98. The van der Waals surface area contributed by atoms with Crippen LogP contribution in [0.1, 0.15) is 0 Å². The summed E-state index contributed by atoms with van der Waals surface area (Å²) < 4.78 is 27.2. The molecule has 0 aromatic heterocycles. The maximum atomic E-state index is 11.5. The summed E-state index contributed by atoms with van der Waals surface area (Å²) in [4.78, 5) is 0. The van der Waals surface area contributed by atoms with E-state index in [2.05, 4.69) is 4.74 Å². The van der Waals surface area contributed by atoms with Gasteiger partial charge < -0.3 is 14.8 Å². The van der Waals surface area contributed by atoms with E-state index in [9.17, 15) is 8.78 Å². The third-order valence-corrected chi connectivity index (χ3v) is 1.38. The standard InChI is InChI=1S/C7H4F2O.BH3O2/c8-7(9)10-6-2-4-1-5(4)3-6;2-1-3/h1-3,7H;1-3H. The predicted octanol–water partition coefficient (Wildman–Crippen LogP) is 0.506. The highest BCUT2D eigenvalue weighted by Gasteiger charge is 2.16. The normalized spacial score (nSPS) is 10.2. The van der Waals surface area contributed by atoms with Crippen LogP contribution in [0.5, 0.6) is 5.75 Å². The van der Waals surface area contributed by atoms with E-state index in [-0.39, 0.29) is 5.75 Å². The van der Waals surface area contributed by atoms with Gasteiger partial charge in [-0.1, -0.05) is 0 Å². The Balaban J connectivity index is 0.000000251. The molecule has 0 fully saturated rings. The van der Waals surface area contributed by atoms with E-state index in [4.69, 9.17) is 10.0 Å². The number of hydrogen-bond acceptors (Lipinski definition) is 3. The molecule has 0 amide bonds. The Hall–Kier alpha value is -1.14. The van der Waals surface area contributed by atoms with Crippen molar-refractivity contribution in [2.24, 2.45) is 0 Å². The maximum absolute atomic E-state index is 11.5. The molecule has 0 radical (unpaired) electrons. The van der Waals surface area contributed by atoms with E-state index in [1.807, 2.05) is 6.07 Å². The lowest BCUT2D eigenvalue weighted by molar-refractivity contribution is -0.0495. The number of rotatable bonds is 2. The zero-order valence-corrected chi connectivity index (χ0v) is 6.58. The molecular weight excluding hydrogens is 181 g/mol. The molecule has 0 saturated heterocycles.